The average molecular weight is 152 g/mol. The molecular weight excluding hydrogens is 146 g/mol. The van der Waals surface area contributed by atoms with E-state index in [1.807, 2.05) is 5.43 Å². The van der Waals surface area contributed by atoms with Crippen molar-refractivity contribution in [2.24, 2.45) is 0 Å². The van der Waals surface area contributed by atoms with Crippen LogP contribution in [0.2, 0.25) is 0 Å². The number of rotatable bonds is 2. The van der Waals surface area contributed by atoms with Crippen LogP contribution >= 0.6 is 0 Å². The summed E-state index contributed by atoms with van der Waals surface area (Å²) in [5.41, 5.74) is 1.93. The van der Waals surface area contributed by atoms with Crippen LogP contribution in [0.3, 0.4) is 0 Å². The molecule has 0 heterocycles. The first-order valence-corrected chi connectivity index (χ1v) is 2.20. The molecule has 0 unspecified atom stereocenters. The molecular formula is C2H6N3O5. The van der Waals surface area contributed by atoms with Gasteiger partial charge in [0.25, 0.3) is 0 Å². The lowest BCUT2D eigenvalue weighted by Gasteiger charge is -1.83. The monoisotopic (exact) mass is 152 g/mol. The molecule has 59 valence electrons. The van der Waals surface area contributed by atoms with Gasteiger partial charge in [-0.1, -0.05) is 0 Å². The molecule has 1 N–H and O–H groups in total. The summed E-state index contributed by atoms with van der Waals surface area (Å²) in [4.78, 5) is 17.5. The molecule has 10 heavy (non-hydrogen) atoms. The van der Waals surface area contributed by atoms with Crippen LogP contribution in [0.25, 0.3) is 0 Å². The molecule has 1 radical (unpaired) electrons. The van der Waals surface area contributed by atoms with Gasteiger partial charge in [0.2, 0.25) is 0 Å². The summed E-state index contributed by atoms with van der Waals surface area (Å²) >= 11 is 0. The van der Waals surface area contributed by atoms with E-state index < -0.39 is 10.1 Å². The van der Waals surface area contributed by atoms with Crippen molar-refractivity contribution in [3.05, 3.63) is 20.2 Å². The van der Waals surface area contributed by atoms with Crippen molar-refractivity contribution < 1.29 is 15.3 Å². The van der Waals surface area contributed by atoms with Crippen LogP contribution in [-0.4, -0.2) is 16.7 Å². The van der Waals surface area contributed by atoms with Crippen LogP contribution in [0.5, 0.6) is 0 Å². The molecule has 0 aromatic rings. The number of hydrogen-bond donors (Lipinski definition) is 1. The first-order valence-electron chi connectivity index (χ1n) is 2.20. The van der Waals surface area contributed by atoms with E-state index in [0.29, 0.717) is 6.54 Å². The maximum absolute atomic E-state index is 9.29. The van der Waals surface area contributed by atoms with E-state index in [0.717, 1.165) is 0 Å². The predicted molar refractivity (Wildman–Crippen MR) is 28.4 cm³/mol. The lowest BCUT2D eigenvalue weighted by atomic mass is 10.8. The molecule has 0 saturated heterocycles. The first kappa shape index (κ1) is 11.2. The summed E-state index contributed by atoms with van der Waals surface area (Å²) in [5, 5.41) is 23.5. The van der Waals surface area contributed by atoms with Crippen LogP contribution in [0, 0.1) is 20.2 Å². The van der Waals surface area contributed by atoms with Gasteiger partial charge in [-0.25, -0.2) is 10.1 Å². The molecule has 0 saturated carbocycles. The minimum atomic E-state index is -1.75. The Balaban J connectivity index is 0. The smallest absolute Gasteiger partial charge is 0.235 e. The molecule has 0 aliphatic heterocycles. The standard InChI is InChI=1S/C2H6N2O2.NO3/c1-2-3-4(5)6;2-1(3)4/h3H,2H2,1H3;. The third-order valence-corrected chi connectivity index (χ3v) is 0.287. The fourth-order valence-electron chi connectivity index (χ4n) is 0.129. The molecule has 0 aromatic heterocycles. The van der Waals surface area contributed by atoms with Gasteiger partial charge < -0.3 is 0 Å². The van der Waals surface area contributed by atoms with Gasteiger partial charge in [0.1, 0.15) is 0 Å². The van der Waals surface area contributed by atoms with E-state index in [1.165, 1.54) is 0 Å². The van der Waals surface area contributed by atoms with Gasteiger partial charge >= 0.3 is 5.09 Å². The van der Waals surface area contributed by atoms with E-state index in [9.17, 15) is 10.1 Å². The summed E-state index contributed by atoms with van der Waals surface area (Å²) in [5.74, 6) is 0. The Labute approximate surface area is 55.7 Å². The zero-order valence-electron chi connectivity index (χ0n) is 5.14. The van der Waals surface area contributed by atoms with E-state index in [4.69, 9.17) is 15.3 Å². The van der Waals surface area contributed by atoms with Crippen molar-refractivity contribution >= 4 is 0 Å². The molecule has 0 aliphatic rings. The number of hydrazine groups is 1. The summed E-state index contributed by atoms with van der Waals surface area (Å²) in [6.45, 7) is 2.05. The number of nitro groups is 1. The number of nitrogens with one attached hydrogen (secondary N) is 1. The molecule has 8 heteroatoms. The lowest BCUT2D eigenvalue weighted by Crippen LogP contribution is -2.19. The Morgan fingerprint density at radius 3 is 1.70 bits per heavy atom. The molecule has 8 nitrogen and oxygen atoms in total. The molecule has 0 amide bonds. The van der Waals surface area contributed by atoms with Gasteiger partial charge in [-0.2, -0.15) is 0 Å². The zero-order chi connectivity index (χ0) is 8.57. The predicted octanol–water partition coefficient (Wildman–Crippen LogP) is -0.604. The van der Waals surface area contributed by atoms with Crippen molar-refractivity contribution in [2.75, 3.05) is 6.54 Å². The SMILES string of the molecule is CCN[N+](=O)[O-].[O][N+](=O)[O-]. The van der Waals surface area contributed by atoms with E-state index in [2.05, 4.69) is 0 Å². The molecule has 0 spiro atoms. The Morgan fingerprint density at radius 1 is 1.40 bits per heavy atom. The third kappa shape index (κ3) is 95.2. The van der Waals surface area contributed by atoms with Crippen molar-refractivity contribution in [3.8, 4) is 0 Å². The highest BCUT2D eigenvalue weighted by Gasteiger charge is 1.80. The minimum absolute atomic E-state index is 0.382. The highest BCUT2D eigenvalue weighted by atomic mass is 16.9. The maximum Gasteiger partial charge on any atom is 0.322 e. The fraction of sp³-hybridized carbons (Fsp3) is 1.00. The third-order valence-electron chi connectivity index (χ3n) is 0.287. The quantitative estimate of drug-likeness (QED) is 0.418. The Morgan fingerprint density at radius 2 is 1.70 bits per heavy atom. The van der Waals surface area contributed by atoms with Crippen LogP contribution < -0.4 is 5.43 Å². The van der Waals surface area contributed by atoms with Crippen molar-refractivity contribution in [1.82, 2.24) is 5.43 Å². The topological polar surface area (TPSA) is 118 Å². The second kappa shape index (κ2) is 7.40. The molecule has 0 aromatic carbocycles. The number of nitrogens with zero attached hydrogens (tertiary/aromatic N) is 2. The van der Waals surface area contributed by atoms with Crippen LogP contribution in [0.15, 0.2) is 0 Å². The fourth-order valence-corrected chi connectivity index (χ4v) is 0.129. The van der Waals surface area contributed by atoms with Gasteiger partial charge in [0.05, 0.1) is 6.54 Å². The Hall–Kier alpha value is -1.60. The Bertz CT molecular complexity index is 109. The number of hydrogen-bond acceptors (Lipinski definition) is 4. The lowest BCUT2D eigenvalue weighted by molar-refractivity contribution is -0.782. The molecule has 0 aliphatic carbocycles. The maximum atomic E-state index is 9.29. The van der Waals surface area contributed by atoms with E-state index in [-0.39, 0.29) is 0 Å². The minimum Gasteiger partial charge on any atom is -0.235 e. The summed E-state index contributed by atoms with van der Waals surface area (Å²) in [6.07, 6.45) is 0. The largest absolute Gasteiger partial charge is 0.322 e. The highest BCUT2D eigenvalue weighted by Crippen LogP contribution is 1.51. The van der Waals surface area contributed by atoms with Gasteiger partial charge in [-0.15, -0.1) is 20.7 Å². The van der Waals surface area contributed by atoms with Gasteiger partial charge in [0, 0.05) is 0 Å². The molecule has 0 rings (SSSR count). The summed E-state index contributed by atoms with van der Waals surface area (Å²) in [7, 11) is 0. The molecule has 0 atom stereocenters. The molecule has 0 bridgehead atoms. The molecule has 0 fully saturated rings. The summed E-state index contributed by atoms with van der Waals surface area (Å²) in [6, 6.07) is 0. The van der Waals surface area contributed by atoms with Crippen molar-refractivity contribution in [1.29, 1.82) is 0 Å². The van der Waals surface area contributed by atoms with Crippen LogP contribution in [0.4, 0.5) is 0 Å². The van der Waals surface area contributed by atoms with E-state index >= 15 is 0 Å². The van der Waals surface area contributed by atoms with Gasteiger partial charge in [-0.3, -0.25) is 0 Å². The van der Waals surface area contributed by atoms with Crippen molar-refractivity contribution in [3.63, 3.8) is 0 Å². The zero-order valence-corrected chi connectivity index (χ0v) is 5.14. The summed E-state index contributed by atoms with van der Waals surface area (Å²) < 4.78 is 0. The Kier molecular flexibility index (Phi) is 8.31. The van der Waals surface area contributed by atoms with Crippen molar-refractivity contribution in [2.45, 2.75) is 6.92 Å². The first-order chi connectivity index (χ1) is 4.50. The highest BCUT2D eigenvalue weighted by molar-refractivity contribution is 4.11. The van der Waals surface area contributed by atoms with Crippen LogP contribution in [0.1, 0.15) is 6.92 Å². The van der Waals surface area contributed by atoms with E-state index in [1.54, 1.807) is 6.92 Å². The second-order valence-corrected chi connectivity index (χ2v) is 0.992. The van der Waals surface area contributed by atoms with Gasteiger partial charge in [-0.05, 0) is 6.92 Å². The second-order valence-electron chi connectivity index (χ2n) is 0.992. The van der Waals surface area contributed by atoms with Gasteiger partial charge in [0.15, 0.2) is 5.03 Å². The van der Waals surface area contributed by atoms with Crippen LogP contribution in [-0.2, 0) is 5.21 Å². The average Bonchev–Trinajstić information content (AvgIpc) is 1.62. The normalized spacial score (nSPS) is 6.90.